The molecule has 2 aliphatic rings. The molecular formula is C24H32N4O6. The summed E-state index contributed by atoms with van der Waals surface area (Å²) in [5, 5.41) is 5.48. The van der Waals surface area contributed by atoms with E-state index in [1.165, 1.54) is 6.92 Å². The molecule has 34 heavy (non-hydrogen) atoms. The van der Waals surface area contributed by atoms with E-state index in [4.69, 9.17) is 4.74 Å². The van der Waals surface area contributed by atoms with E-state index in [2.05, 4.69) is 10.6 Å². The molecule has 1 aromatic carbocycles. The Labute approximate surface area is 199 Å². The van der Waals surface area contributed by atoms with Crippen LogP contribution >= 0.6 is 0 Å². The van der Waals surface area contributed by atoms with Crippen LogP contribution in [0, 0.1) is 0 Å². The standard InChI is InChI=1S/C24H32N4O6/c1-15(28-21(31)17-7-5-6-8-18(17)22(28)32)20(30)26-16-10-13-27(14-11-16)19(29)9-12-25-23(33)34-24(2,3)4/h5-8,15-16H,9-14H2,1-4H3,(H,25,33)(H,26,30). The number of imide groups is 1. The van der Waals surface area contributed by atoms with Gasteiger partial charge < -0.3 is 20.3 Å². The van der Waals surface area contributed by atoms with Crippen molar-refractivity contribution in [3.63, 3.8) is 0 Å². The van der Waals surface area contributed by atoms with Crippen LogP contribution in [-0.4, -0.2) is 76.8 Å². The van der Waals surface area contributed by atoms with Crippen molar-refractivity contribution in [1.82, 2.24) is 20.4 Å². The number of carbonyl (C=O) groups excluding carboxylic acids is 5. The van der Waals surface area contributed by atoms with Crippen LogP contribution in [0.3, 0.4) is 0 Å². The van der Waals surface area contributed by atoms with Gasteiger partial charge in [-0.1, -0.05) is 12.1 Å². The van der Waals surface area contributed by atoms with Crippen LogP contribution in [0.25, 0.3) is 0 Å². The highest BCUT2D eigenvalue weighted by atomic mass is 16.6. The molecule has 0 aromatic heterocycles. The molecule has 0 bridgehead atoms. The summed E-state index contributed by atoms with van der Waals surface area (Å²) in [5.41, 5.74) is 0.0114. The van der Waals surface area contributed by atoms with Crippen LogP contribution in [0.4, 0.5) is 4.79 Å². The highest BCUT2D eigenvalue weighted by Crippen LogP contribution is 2.24. The molecule has 10 nitrogen and oxygen atoms in total. The number of hydrogen-bond acceptors (Lipinski definition) is 6. The molecule has 2 N–H and O–H groups in total. The molecule has 2 heterocycles. The Balaban J connectivity index is 1.42. The van der Waals surface area contributed by atoms with Gasteiger partial charge in [0.2, 0.25) is 11.8 Å². The first-order valence-corrected chi connectivity index (χ1v) is 11.5. The zero-order valence-corrected chi connectivity index (χ0v) is 20.1. The first-order chi connectivity index (χ1) is 16.0. The van der Waals surface area contributed by atoms with E-state index >= 15 is 0 Å². The minimum atomic E-state index is -0.939. The minimum Gasteiger partial charge on any atom is -0.444 e. The smallest absolute Gasteiger partial charge is 0.407 e. The van der Waals surface area contributed by atoms with Crippen LogP contribution < -0.4 is 10.6 Å². The Morgan fingerprint density at radius 2 is 1.62 bits per heavy atom. The van der Waals surface area contributed by atoms with Gasteiger partial charge >= 0.3 is 6.09 Å². The van der Waals surface area contributed by atoms with Gasteiger partial charge in [-0.3, -0.25) is 24.1 Å². The molecule has 5 amide bonds. The molecule has 1 fully saturated rings. The summed E-state index contributed by atoms with van der Waals surface area (Å²) >= 11 is 0. The third kappa shape index (κ3) is 5.92. The second kappa shape index (κ2) is 10.2. The van der Waals surface area contributed by atoms with Crippen LogP contribution in [0.1, 0.15) is 67.7 Å². The van der Waals surface area contributed by atoms with Crippen molar-refractivity contribution in [1.29, 1.82) is 0 Å². The van der Waals surface area contributed by atoms with Crippen molar-refractivity contribution in [2.45, 2.75) is 64.6 Å². The fourth-order valence-electron chi connectivity index (χ4n) is 4.02. The predicted octanol–water partition coefficient (Wildman–Crippen LogP) is 1.69. The van der Waals surface area contributed by atoms with E-state index in [1.807, 2.05) is 0 Å². The quantitative estimate of drug-likeness (QED) is 0.607. The van der Waals surface area contributed by atoms with Crippen LogP contribution in [0.15, 0.2) is 24.3 Å². The number of hydrogen-bond donors (Lipinski definition) is 2. The maximum atomic E-state index is 12.8. The molecule has 1 unspecified atom stereocenters. The summed E-state index contributed by atoms with van der Waals surface area (Å²) < 4.78 is 5.14. The van der Waals surface area contributed by atoms with Crippen molar-refractivity contribution in [2.75, 3.05) is 19.6 Å². The molecule has 0 spiro atoms. The Morgan fingerprint density at radius 3 is 2.15 bits per heavy atom. The highest BCUT2D eigenvalue weighted by Gasteiger charge is 2.41. The van der Waals surface area contributed by atoms with Gasteiger partial charge in [-0.05, 0) is 52.7 Å². The lowest BCUT2D eigenvalue weighted by Gasteiger charge is -2.33. The number of ether oxygens (including phenoxy) is 1. The zero-order chi connectivity index (χ0) is 25.0. The summed E-state index contributed by atoms with van der Waals surface area (Å²) in [6.45, 7) is 7.95. The molecule has 0 radical (unpaired) electrons. The number of amides is 5. The Morgan fingerprint density at radius 1 is 1.06 bits per heavy atom. The molecule has 0 saturated carbocycles. The molecular weight excluding hydrogens is 440 g/mol. The van der Waals surface area contributed by atoms with Gasteiger partial charge in [-0.2, -0.15) is 0 Å². The summed E-state index contributed by atoms with van der Waals surface area (Å²) in [4.78, 5) is 64.8. The molecule has 0 aliphatic carbocycles. The second-order valence-electron chi connectivity index (χ2n) is 9.54. The normalized spacial score (nSPS) is 17.3. The maximum absolute atomic E-state index is 12.8. The van der Waals surface area contributed by atoms with Crippen molar-refractivity contribution >= 4 is 29.7 Å². The first-order valence-electron chi connectivity index (χ1n) is 11.5. The van der Waals surface area contributed by atoms with E-state index in [0.29, 0.717) is 37.1 Å². The Hall–Kier alpha value is -3.43. The number of alkyl carbamates (subject to hydrolysis) is 1. The van der Waals surface area contributed by atoms with E-state index < -0.39 is 35.5 Å². The Kier molecular flexibility index (Phi) is 7.58. The number of nitrogens with zero attached hydrogens (tertiary/aromatic N) is 2. The van der Waals surface area contributed by atoms with Gasteiger partial charge in [-0.25, -0.2) is 4.79 Å². The number of benzene rings is 1. The molecule has 3 rings (SSSR count). The van der Waals surface area contributed by atoms with Crippen molar-refractivity contribution < 1.29 is 28.7 Å². The van der Waals surface area contributed by atoms with Crippen molar-refractivity contribution in [3.8, 4) is 0 Å². The number of carbonyl (C=O) groups is 5. The summed E-state index contributed by atoms with van der Waals surface area (Å²) in [7, 11) is 0. The fraction of sp³-hybridized carbons (Fsp3) is 0.542. The monoisotopic (exact) mass is 472 g/mol. The average Bonchev–Trinajstić information content (AvgIpc) is 3.02. The van der Waals surface area contributed by atoms with Crippen LogP contribution in [0.5, 0.6) is 0 Å². The average molecular weight is 473 g/mol. The highest BCUT2D eigenvalue weighted by molar-refractivity contribution is 6.22. The van der Waals surface area contributed by atoms with Crippen molar-refractivity contribution in [2.24, 2.45) is 0 Å². The SMILES string of the molecule is CC(C(=O)NC1CCN(C(=O)CCNC(=O)OC(C)(C)C)CC1)N1C(=O)c2ccccc2C1=O. The van der Waals surface area contributed by atoms with E-state index in [1.54, 1.807) is 49.9 Å². The largest absolute Gasteiger partial charge is 0.444 e. The lowest BCUT2D eigenvalue weighted by molar-refractivity contribution is -0.132. The minimum absolute atomic E-state index is 0.0831. The second-order valence-corrected chi connectivity index (χ2v) is 9.54. The fourth-order valence-corrected chi connectivity index (χ4v) is 4.02. The van der Waals surface area contributed by atoms with Gasteiger partial charge in [-0.15, -0.1) is 0 Å². The van der Waals surface area contributed by atoms with E-state index in [0.717, 1.165) is 4.90 Å². The molecule has 1 aromatic rings. The summed E-state index contributed by atoms with van der Waals surface area (Å²) in [6.07, 6.45) is 0.721. The van der Waals surface area contributed by atoms with Gasteiger partial charge in [0.25, 0.3) is 11.8 Å². The zero-order valence-electron chi connectivity index (χ0n) is 20.1. The van der Waals surface area contributed by atoms with Crippen molar-refractivity contribution in [3.05, 3.63) is 35.4 Å². The van der Waals surface area contributed by atoms with Gasteiger partial charge in [0, 0.05) is 32.1 Å². The number of piperidine rings is 1. The van der Waals surface area contributed by atoms with E-state index in [-0.39, 0.29) is 24.9 Å². The molecule has 2 aliphatic heterocycles. The van der Waals surface area contributed by atoms with Gasteiger partial charge in [0.05, 0.1) is 11.1 Å². The molecule has 10 heteroatoms. The number of likely N-dealkylation sites (tertiary alicyclic amines) is 1. The summed E-state index contributed by atoms with van der Waals surface area (Å²) in [5.74, 6) is -1.42. The predicted molar refractivity (Wildman–Crippen MR) is 123 cm³/mol. The molecule has 1 atom stereocenters. The van der Waals surface area contributed by atoms with Crippen LogP contribution in [0.2, 0.25) is 0 Å². The lowest BCUT2D eigenvalue weighted by Crippen LogP contribution is -2.53. The third-order valence-electron chi connectivity index (χ3n) is 5.79. The number of fused-ring (bicyclic) bond motifs is 1. The maximum Gasteiger partial charge on any atom is 0.407 e. The molecule has 184 valence electrons. The lowest BCUT2D eigenvalue weighted by atomic mass is 10.0. The first kappa shape index (κ1) is 25.2. The van der Waals surface area contributed by atoms with E-state index in [9.17, 15) is 24.0 Å². The van der Waals surface area contributed by atoms with Gasteiger partial charge in [0.1, 0.15) is 11.6 Å². The third-order valence-corrected chi connectivity index (χ3v) is 5.79. The van der Waals surface area contributed by atoms with Crippen LogP contribution in [-0.2, 0) is 14.3 Å². The van der Waals surface area contributed by atoms with Gasteiger partial charge in [0.15, 0.2) is 0 Å². The number of rotatable bonds is 6. The summed E-state index contributed by atoms with van der Waals surface area (Å²) in [6, 6.07) is 5.42. The Bertz CT molecular complexity index is 943. The number of nitrogens with one attached hydrogen (secondary N) is 2. The molecule has 1 saturated heterocycles. The topological polar surface area (TPSA) is 125 Å².